The van der Waals surface area contributed by atoms with E-state index >= 15 is 0 Å². The fraction of sp³-hybridized carbons (Fsp3) is 0.100. The Labute approximate surface area is 172 Å². The third-order valence-corrected chi connectivity index (χ3v) is 4.23. The molecule has 148 valence electrons. The van der Waals surface area contributed by atoms with Crippen molar-refractivity contribution >= 4 is 36.5 Å². The molecule has 1 N–H and O–H groups in total. The van der Waals surface area contributed by atoms with Gasteiger partial charge in [-0.1, -0.05) is 49.2 Å². The number of rotatable bonds is 5. The van der Waals surface area contributed by atoms with Crippen LogP contribution >= 0.6 is 12.8 Å². The molecule has 0 unspecified atom stereocenters. The van der Waals surface area contributed by atoms with Gasteiger partial charge < -0.3 is 4.74 Å². The molecule has 0 bridgehead atoms. The molecule has 0 aliphatic carbocycles. The second-order valence-corrected chi connectivity index (χ2v) is 6.19. The number of benzene rings is 2. The van der Waals surface area contributed by atoms with Crippen molar-refractivity contribution in [2.75, 3.05) is 10.9 Å². The van der Waals surface area contributed by atoms with Gasteiger partial charge in [0, 0.05) is 11.6 Å². The van der Waals surface area contributed by atoms with Crippen molar-refractivity contribution in [3.8, 4) is 5.69 Å². The van der Waals surface area contributed by atoms with E-state index in [-0.39, 0.29) is 18.1 Å². The van der Waals surface area contributed by atoms with E-state index in [0.29, 0.717) is 11.3 Å². The third-order valence-electron chi connectivity index (χ3n) is 3.84. The molecule has 3 amide bonds. The summed E-state index contributed by atoms with van der Waals surface area (Å²) in [5.74, 6) is -1.04. The second-order valence-electron chi connectivity index (χ2n) is 5.79. The van der Waals surface area contributed by atoms with Crippen LogP contribution in [0.4, 0.5) is 10.6 Å². The first-order valence-corrected chi connectivity index (χ1v) is 9.13. The number of nitrogens with zero attached hydrogens (tertiary/aromatic N) is 3. The highest BCUT2D eigenvalue weighted by molar-refractivity contribution is 7.82. The summed E-state index contributed by atoms with van der Waals surface area (Å²) in [5.41, 5.74) is 0.928. The van der Waals surface area contributed by atoms with Gasteiger partial charge >= 0.3 is 12.0 Å². The number of esters is 1. The molecule has 0 saturated carbocycles. The minimum atomic E-state index is -0.797. The Balaban J connectivity index is 1.90. The normalized spacial score (nSPS) is 10.3. The number of urea groups is 1. The van der Waals surface area contributed by atoms with Gasteiger partial charge in [-0.2, -0.15) is 5.10 Å². The van der Waals surface area contributed by atoms with Crippen molar-refractivity contribution in [1.82, 2.24) is 15.1 Å². The number of anilines is 1. The van der Waals surface area contributed by atoms with Crippen molar-refractivity contribution in [3.05, 3.63) is 78.0 Å². The van der Waals surface area contributed by atoms with Gasteiger partial charge in [-0.3, -0.25) is 10.1 Å². The van der Waals surface area contributed by atoms with Crippen molar-refractivity contribution in [2.45, 2.75) is 6.92 Å². The Hall–Kier alpha value is -3.59. The molecular formula is C20H18N4O4S. The van der Waals surface area contributed by atoms with Crippen LogP contribution in [0.5, 0.6) is 0 Å². The molecule has 0 saturated heterocycles. The molecule has 0 aliphatic heterocycles. The molecule has 2 aromatic carbocycles. The Kier molecular flexibility index (Phi) is 6.30. The highest BCUT2D eigenvalue weighted by Crippen LogP contribution is 2.23. The van der Waals surface area contributed by atoms with E-state index in [1.54, 1.807) is 61.5 Å². The number of ether oxygens (including phenoxy) is 1. The quantitative estimate of drug-likeness (QED) is 0.498. The Morgan fingerprint density at radius 3 is 2.31 bits per heavy atom. The number of amides is 3. The summed E-state index contributed by atoms with van der Waals surface area (Å²) >= 11 is 4.21. The highest BCUT2D eigenvalue weighted by atomic mass is 32.1. The van der Waals surface area contributed by atoms with Gasteiger partial charge in [0.15, 0.2) is 11.5 Å². The summed E-state index contributed by atoms with van der Waals surface area (Å²) in [5, 5.41) is 6.48. The molecule has 0 radical (unpaired) electrons. The molecule has 0 aliphatic rings. The summed E-state index contributed by atoms with van der Waals surface area (Å²) in [4.78, 5) is 36.9. The molecule has 29 heavy (non-hydrogen) atoms. The molecule has 0 fully saturated rings. The zero-order valence-electron chi connectivity index (χ0n) is 15.5. The van der Waals surface area contributed by atoms with Crippen molar-refractivity contribution in [3.63, 3.8) is 0 Å². The van der Waals surface area contributed by atoms with Crippen molar-refractivity contribution < 1.29 is 19.1 Å². The van der Waals surface area contributed by atoms with Crippen molar-refractivity contribution in [2.24, 2.45) is 0 Å². The van der Waals surface area contributed by atoms with E-state index in [0.717, 1.165) is 4.31 Å². The molecule has 9 heteroatoms. The summed E-state index contributed by atoms with van der Waals surface area (Å²) in [7, 11) is 0. The molecule has 0 spiro atoms. The maximum Gasteiger partial charge on any atom is 0.358 e. The first kappa shape index (κ1) is 20.2. The van der Waals surface area contributed by atoms with Crippen LogP contribution in [0.3, 0.4) is 0 Å². The summed E-state index contributed by atoms with van der Waals surface area (Å²) in [6.45, 7) is 1.86. The topological polar surface area (TPSA) is 93.5 Å². The fourth-order valence-corrected chi connectivity index (χ4v) is 2.69. The van der Waals surface area contributed by atoms with E-state index < -0.39 is 17.9 Å². The molecule has 3 rings (SSSR count). The Bertz CT molecular complexity index is 1020. The largest absolute Gasteiger partial charge is 0.461 e. The first-order valence-electron chi connectivity index (χ1n) is 8.73. The van der Waals surface area contributed by atoms with Crippen LogP contribution < -0.4 is 9.62 Å². The Morgan fingerprint density at radius 1 is 1.07 bits per heavy atom. The molecule has 1 aromatic heterocycles. The fourth-order valence-electron chi connectivity index (χ4n) is 2.50. The van der Waals surface area contributed by atoms with Gasteiger partial charge in [-0.05, 0) is 31.2 Å². The monoisotopic (exact) mass is 410 g/mol. The van der Waals surface area contributed by atoms with Crippen molar-refractivity contribution in [1.29, 1.82) is 0 Å². The van der Waals surface area contributed by atoms with Crippen LogP contribution in [0, 0.1) is 0 Å². The predicted octanol–water partition coefficient (Wildman–Crippen LogP) is 3.25. The maximum atomic E-state index is 12.6. The van der Waals surface area contributed by atoms with E-state index in [1.165, 1.54) is 10.7 Å². The Morgan fingerprint density at radius 2 is 1.69 bits per heavy atom. The van der Waals surface area contributed by atoms with Gasteiger partial charge in [0.05, 0.1) is 12.3 Å². The number of hydrogen-bond acceptors (Lipinski definition) is 6. The summed E-state index contributed by atoms with van der Waals surface area (Å²) < 4.78 is 7.26. The number of para-hydroxylation sites is 1. The van der Waals surface area contributed by atoms with Gasteiger partial charge in [-0.25, -0.2) is 18.6 Å². The average molecular weight is 410 g/mol. The van der Waals surface area contributed by atoms with Crippen LogP contribution in [0.2, 0.25) is 0 Å². The van der Waals surface area contributed by atoms with Gasteiger partial charge in [-0.15, -0.1) is 0 Å². The van der Waals surface area contributed by atoms with Crippen LogP contribution in [0.1, 0.15) is 27.8 Å². The average Bonchev–Trinajstić information content (AvgIpc) is 3.20. The number of carbonyl (C=O) groups is 3. The molecular weight excluding hydrogens is 392 g/mol. The van der Waals surface area contributed by atoms with E-state index in [9.17, 15) is 14.4 Å². The first-order chi connectivity index (χ1) is 14.0. The van der Waals surface area contributed by atoms with Crippen LogP contribution in [0.15, 0.2) is 66.7 Å². The SMILES string of the molecule is CCOC(=O)c1cc(N(S)C(=O)NC(=O)c2ccccc2)n(-c2ccccc2)n1. The molecule has 0 atom stereocenters. The third kappa shape index (κ3) is 4.64. The highest BCUT2D eigenvalue weighted by Gasteiger charge is 2.24. The minimum absolute atomic E-state index is 0.00642. The molecule has 8 nitrogen and oxygen atoms in total. The lowest BCUT2D eigenvalue weighted by Crippen LogP contribution is -2.39. The molecule has 3 aromatic rings. The smallest absolute Gasteiger partial charge is 0.358 e. The van der Waals surface area contributed by atoms with Gasteiger partial charge in [0.2, 0.25) is 0 Å². The van der Waals surface area contributed by atoms with Crippen LogP contribution in [-0.2, 0) is 4.74 Å². The maximum absolute atomic E-state index is 12.6. The lowest BCUT2D eigenvalue weighted by Gasteiger charge is -2.17. The number of carbonyl (C=O) groups excluding carboxylic acids is 3. The zero-order chi connectivity index (χ0) is 20.8. The number of aromatic nitrogens is 2. The number of imide groups is 1. The standard InChI is InChI=1S/C20H18N4O4S/c1-2-28-19(26)16-13-17(23(22-16)15-11-7-4-8-12-15)24(29)20(27)21-18(25)14-9-5-3-6-10-14/h3-13,29H,2H2,1H3,(H,21,25,27). The number of thiol groups is 1. The zero-order valence-corrected chi connectivity index (χ0v) is 16.4. The van der Waals surface area contributed by atoms with Crippen LogP contribution in [-0.4, -0.2) is 34.3 Å². The van der Waals surface area contributed by atoms with Gasteiger partial charge in [0.25, 0.3) is 5.91 Å². The van der Waals surface area contributed by atoms with Gasteiger partial charge in [0.1, 0.15) is 0 Å². The lowest BCUT2D eigenvalue weighted by atomic mass is 10.2. The van der Waals surface area contributed by atoms with E-state index in [2.05, 4.69) is 23.2 Å². The number of hydrogen-bond donors (Lipinski definition) is 2. The summed E-state index contributed by atoms with van der Waals surface area (Å²) in [6.07, 6.45) is 0. The van der Waals surface area contributed by atoms with E-state index in [1.807, 2.05) is 6.07 Å². The molecule has 1 heterocycles. The van der Waals surface area contributed by atoms with E-state index in [4.69, 9.17) is 4.74 Å². The summed E-state index contributed by atoms with van der Waals surface area (Å²) in [6, 6.07) is 17.8. The lowest BCUT2D eigenvalue weighted by molar-refractivity contribution is 0.0518. The predicted molar refractivity (Wildman–Crippen MR) is 110 cm³/mol. The minimum Gasteiger partial charge on any atom is -0.461 e. The second kappa shape index (κ2) is 9.07. The van der Waals surface area contributed by atoms with Crippen LogP contribution in [0.25, 0.3) is 5.69 Å². The number of nitrogens with one attached hydrogen (secondary N) is 1.